The molecule has 0 unspecified atom stereocenters. The van der Waals surface area contributed by atoms with Crippen LogP contribution >= 0.6 is 0 Å². The molecule has 1 amide bonds. The lowest BCUT2D eigenvalue weighted by Gasteiger charge is -2.12. The molecule has 10 heteroatoms. The number of aromatic nitrogens is 3. The molecular weight excluding hydrogens is 458 g/mol. The van der Waals surface area contributed by atoms with Gasteiger partial charge in [-0.15, -0.1) is 0 Å². The fourth-order valence-corrected chi connectivity index (χ4v) is 3.57. The van der Waals surface area contributed by atoms with E-state index in [2.05, 4.69) is 21.9 Å². The largest absolute Gasteiger partial charge is 0.494 e. The number of methoxy groups -OCH3 is 2. The molecule has 0 radical (unpaired) electrons. The molecule has 0 saturated carbocycles. The summed E-state index contributed by atoms with van der Waals surface area (Å²) in [5.41, 5.74) is 1.19. The monoisotopic (exact) mass is 478 g/mol. The lowest BCUT2D eigenvalue weighted by atomic mass is 10.1. The molecule has 0 aliphatic rings. The van der Waals surface area contributed by atoms with Gasteiger partial charge < -0.3 is 14.8 Å². The van der Waals surface area contributed by atoms with E-state index >= 15 is 0 Å². The first-order chi connectivity index (χ1) is 16.9. The Morgan fingerprint density at radius 3 is 2.46 bits per heavy atom. The van der Waals surface area contributed by atoms with Crippen LogP contribution in [0.3, 0.4) is 0 Å². The molecule has 1 N–H and O–H groups in total. The fourth-order valence-electron chi connectivity index (χ4n) is 3.57. The molecule has 0 aliphatic carbocycles. The lowest BCUT2D eigenvalue weighted by molar-refractivity contribution is -0.111. The minimum atomic E-state index is -1.15. The first-order valence-corrected chi connectivity index (χ1v) is 10.4. The van der Waals surface area contributed by atoms with E-state index in [4.69, 9.17) is 9.47 Å². The second-order valence-corrected chi connectivity index (χ2v) is 7.36. The highest BCUT2D eigenvalue weighted by Crippen LogP contribution is 2.32. The Balaban J connectivity index is 1.69. The molecule has 0 saturated heterocycles. The van der Waals surface area contributed by atoms with E-state index in [0.717, 1.165) is 16.2 Å². The number of amides is 1. The molecule has 35 heavy (non-hydrogen) atoms. The summed E-state index contributed by atoms with van der Waals surface area (Å²) in [5.74, 6) is -3.85. The zero-order valence-electron chi connectivity index (χ0n) is 18.8. The molecule has 0 spiro atoms. The third-order valence-electron chi connectivity index (χ3n) is 5.30. The molecule has 0 fully saturated rings. The topological polar surface area (TPSA) is 95.3 Å². The molecule has 2 heterocycles. The summed E-state index contributed by atoms with van der Waals surface area (Å²) in [5, 5.41) is 2.73. The van der Waals surface area contributed by atoms with Gasteiger partial charge in [0.15, 0.2) is 23.1 Å². The Bertz CT molecular complexity index is 1440. The maximum Gasteiger partial charge on any atom is 0.268 e. The lowest BCUT2D eigenvalue weighted by Crippen LogP contribution is -2.16. The number of nitrogens with one attached hydrogen (secondary N) is 1. The fraction of sp³-hybridized carbons (Fsp3) is 0.120. The predicted octanol–water partition coefficient (Wildman–Crippen LogP) is 4.13. The number of hydrogen-bond donors (Lipinski definition) is 1. The summed E-state index contributed by atoms with van der Waals surface area (Å²) in [6, 6.07) is 9.73. The van der Waals surface area contributed by atoms with E-state index in [1.165, 1.54) is 38.8 Å². The molecule has 178 valence electrons. The maximum atomic E-state index is 14.8. The second kappa shape index (κ2) is 9.72. The average Bonchev–Trinajstić information content (AvgIpc) is 3.28. The number of halogens is 2. The van der Waals surface area contributed by atoms with Gasteiger partial charge >= 0.3 is 0 Å². The van der Waals surface area contributed by atoms with E-state index in [9.17, 15) is 18.4 Å². The summed E-state index contributed by atoms with van der Waals surface area (Å²) < 4.78 is 40.5. The average molecular weight is 478 g/mol. The van der Waals surface area contributed by atoms with Gasteiger partial charge in [-0.1, -0.05) is 24.8 Å². The van der Waals surface area contributed by atoms with Crippen molar-refractivity contribution in [2.45, 2.75) is 6.42 Å². The maximum absolute atomic E-state index is 14.8. The molecule has 4 rings (SSSR count). The third kappa shape index (κ3) is 4.45. The van der Waals surface area contributed by atoms with Gasteiger partial charge in [0.25, 0.3) is 5.91 Å². The van der Waals surface area contributed by atoms with Crippen molar-refractivity contribution in [2.75, 3.05) is 19.5 Å². The first-order valence-electron chi connectivity index (χ1n) is 10.4. The van der Waals surface area contributed by atoms with Crippen LogP contribution in [0, 0.1) is 11.6 Å². The number of rotatable bonds is 7. The second-order valence-electron chi connectivity index (χ2n) is 7.36. The van der Waals surface area contributed by atoms with Gasteiger partial charge in [0, 0.05) is 24.4 Å². The van der Waals surface area contributed by atoms with Crippen molar-refractivity contribution in [2.24, 2.45) is 0 Å². The molecule has 2 aromatic heterocycles. The Labute approximate surface area is 198 Å². The van der Waals surface area contributed by atoms with Gasteiger partial charge in [0.2, 0.25) is 5.91 Å². The number of ether oxygens (including phenoxy) is 2. The van der Waals surface area contributed by atoms with Crippen LogP contribution in [0.25, 0.3) is 11.0 Å². The number of carbonyl (C=O) groups is 2. The smallest absolute Gasteiger partial charge is 0.268 e. The van der Waals surface area contributed by atoms with Crippen LogP contribution in [0.2, 0.25) is 0 Å². The standard InChI is InChI=1S/C25H20F2N4O4/c1-4-21(32)30-15-8-6-5-7-14(15)11-20-28-13-17-16(29-20)9-10-31(17)25(33)22-23(26)18(34-2)12-19(35-3)24(22)27/h4-10,12-13H,1,11H2,2-3H3,(H,30,32). The van der Waals surface area contributed by atoms with E-state index in [0.29, 0.717) is 23.4 Å². The molecule has 0 aliphatic heterocycles. The minimum Gasteiger partial charge on any atom is -0.494 e. The molecule has 2 aromatic carbocycles. The highest BCUT2D eigenvalue weighted by molar-refractivity contribution is 6.02. The Kier molecular flexibility index (Phi) is 6.54. The summed E-state index contributed by atoms with van der Waals surface area (Å²) in [6.45, 7) is 3.45. The van der Waals surface area contributed by atoms with Crippen LogP contribution in [-0.2, 0) is 11.2 Å². The Morgan fingerprint density at radius 2 is 1.80 bits per heavy atom. The van der Waals surface area contributed by atoms with Crippen molar-refractivity contribution >= 4 is 28.5 Å². The van der Waals surface area contributed by atoms with Crippen LogP contribution in [0.4, 0.5) is 14.5 Å². The van der Waals surface area contributed by atoms with Crippen molar-refractivity contribution in [3.8, 4) is 11.5 Å². The van der Waals surface area contributed by atoms with E-state index in [-0.39, 0.29) is 22.9 Å². The van der Waals surface area contributed by atoms with Crippen LogP contribution in [0.15, 0.2) is 61.4 Å². The van der Waals surface area contributed by atoms with Gasteiger partial charge in [0.1, 0.15) is 11.4 Å². The molecule has 8 nitrogen and oxygen atoms in total. The number of para-hydroxylation sites is 1. The van der Waals surface area contributed by atoms with Gasteiger partial charge in [-0.3, -0.25) is 14.2 Å². The van der Waals surface area contributed by atoms with Gasteiger partial charge in [-0.05, 0) is 23.8 Å². The summed E-state index contributed by atoms with van der Waals surface area (Å²) >= 11 is 0. The Hall–Kier alpha value is -4.60. The van der Waals surface area contributed by atoms with Crippen molar-refractivity contribution in [3.05, 3.63) is 90.0 Å². The summed E-state index contributed by atoms with van der Waals surface area (Å²) in [4.78, 5) is 33.6. The molecule has 0 atom stereocenters. The molecular formula is C25H20F2N4O4. The minimum absolute atomic E-state index is 0.257. The van der Waals surface area contributed by atoms with Gasteiger partial charge in [0.05, 0.1) is 31.4 Å². The SMILES string of the molecule is C=CC(=O)Nc1ccccc1Cc1ncc2c(ccn2C(=O)c2c(F)c(OC)cc(OC)c2F)n1. The third-order valence-corrected chi connectivity index (χ3v) is 5.30. The van der Waals surface area contributed by atoms with Crippen LogP contribution < -0.4 is 14.8 Å². The molecule has 4 aromatic rings. The normalized spacial score (nSPS) is 10.7. The van der Waals surface area contributed by atoms with Gasteiger partial charge in [-0.25, -0.2) is 18.7 Å². The number of nitrogens with zero attached hydrogens (tertiary/aromatic N) is 3. The van der Waals surface area contributed by atoms with E-state index < -0.39 is 23.1 Å². The number of fused-ring (bicyclic) bond motifs is 1. The highest BCUT2D eigenvalue weighted by Gasteiger charge is 2.27. The van der Waals surface area contributed by atoms with Crippen LogP contribution in [0.1, 0.15) is 21.7 Å². The zero-order chi connectivity index (χ0) is 25.1. The van der Waals surface area contributed by atoms with Crippen molar-refractivity contribution in [1.82, 2.24) is 14.5 Å². The molecule has 0 bridgehead atoms. The van der Waals surface area contributed by atoms with Crippen LogP contribution in [-0.4, -0.2) is 40.6 Å². The summed E-state index contributed by atoms with van der Waals surface area (Å²) in [6.07, 6.45) is 4.21. The van der Waals surface area contributed by atoms with E-state index in [1.807, 2.05) is 12.1 Å². The van der Waals surface area contributed by atoms with Crippen molar-refractivity contribution in [3.63, 3.8) is 0 Å². The predicted molar refractivity (Wildman–Crippen MR) is 125 cm³/mol. The van der Waals surface area contributed by atoms with Gasteiger partial charge in [-0.2, -0.15) is 0 Å². The van der Waals surface area contributed by atoms with E-state index in [1.54, 1.807) is 12.1 Å². The number of carbonyl (C=O) groups excluding carboxylic acids is 2. The Morgan fingerprint density at radius 1 is 1.11 bits per heavy atom. The highest BCUT2D eigenvalue weighted by atomic mass is 19.1. The van der Waals surface area contributed by atoms with Crippen molar-refractivity contribution < 1.29 is 27.8 Å². The zero-order valence-corrected chi connectivity index (χ0v) is 18.8. The number of anilines is 1. The van der Waals surface area contributed by atoms with Crippen LogP contribution in [0.5, 0.6) is 11.5 Å². The number of benzene rings is 2. The summed E-state index contributed by atoms with van der Waals surface area (Å²) in [7, 11) is 2.40. The number of hydrogen-bond acceptors (Lipinski definition) is 6. The van der Waals surface area contributed by atoms with Crippen molar-refractivity contribution in [1.29, 1.82) is 0 Å². The quantitative estimate of drug-likeness (QED) is 0.402. The first kappa shape index (κ1) is 23.6.